The van der Waals surface area contributed by atoms with Crippen LogP contribution >= 0.6 is 11.6 Å². The molecule has 0 spiro atoms. The molecule has 0 N–H and O–H groups in total. The first kappa shape index (κ1) is 30.9. The van der Waals surface area contributed by atoms with Gasteiger partial charge in [0.25, 0.3) is 0 Å². The van der Waals surface area contributed by atoms with Crippen LogP contribution in [0.25, 0.3) is 32.9 Å². The predicted molar refractivity (Wildman–Crippen MR) is 160 cm³/mol. The van der Waals surface area contributed by atoms with E-state index < -0.39 is 36.3 Å². The van der Waals surface area contributed by atoms with Crippen LogP contribution in [0.15, 0.2) is 49.2 Å². The zero-order valence-corrected chi connectivity index (χ0v) is 24.9. The maximum Gasteiger partial charge on any atom is 0.410 e. The van der Waals surface area contributed by atoms with E-state index in [1.807, 2.05) is 7.05 Å². The number of carbonyl (C=O) groups is 1. The van der Waals surface area contributed by atoms with Crippen molar-refractivity contribution in [3.05, 3.63) is 65.8 Å². The van der Waals surface area contributed by atoms with Crippen LogP contribution < -0.4 is 9.64 Å². The van der Waals surface area contributed by atoms with Gasteiger partial charge in [0.1, 0.15) is 35.5 Å². The number of anilines is 1. The number of ether oxygens (including phenoxy) is 1. The molecule has 0 bridgehead atoms. The van der Waals surface area contributed by atoms with Crippen LogP contribution in [-0.2, 0) is 4.79 Å². The Morgan fingerprint density at radius 1 is 1.16 bits per heavy atom. The number of likely N-dealkylation sites (tertiary alicyclic amines) is 1. The highest BCUT2D eigenvalue weighted by Crippen LogP contribution is 2.39. The summed E-state index contributed by atoms with van der Waals surface area (Å²) < 4.78 is 79.4. The fourth-order valence-electron chi connectivity index (χ4n) is 6.02. The average molecular weight is 647 g/mol. The van der Waals surface area contributed by atoms with Crippen LogP contribution in [-0.4, -0.2) is 88.8 Å². The number of alkyl halides is 3. The summed E-state index contributed by atoms with van der Waals surface area (Å²) in [6.45, 7) is 3.40. The first-order valence-electron chi connectivity index (χ1n) is 14.3. The quantitative estimate of drug-likeness (QED) is 0.188. The number of carbonyl (C=O) groups excluding carboxylic acids is 1. The minimum Gasteiger partial charge on any atom is -0.462 e. The Balaban J connectivity index is 1.48. The molecule has 6 rings (SSSR count). The zero-order valence-electron chi connectivity index (χ0n) is 24.1. The molecule has 236 valence electrons. The molecule has 1 amide bonds. The maximum absolute atomic E-state index is 16.5. The molecule has 0 radical (unpaired) electrons. The van der Waals surface area contributed by atoms with E-state index in [9.17, 15) is 22.4 Å². The standard InChI is InChI=1S/C31H28ClF5N6O2/c1-3-23(44)43-13-12-42(15-22(43)31(35,36)37)29-20-14-38-27(19-8-4-6-17-9-10-21(33)25(32)24(17)19)26(34)28(20)39-30(40-29)45-16-18-7-5-11-41(18)2/h3-4,6,8-10,14,18,22H,1,5,7,11-13,15-16H2,2H3/t18-,22?/m0/s1. The van der Waals surface area contributed by atoms with E-state index in [-0.39, 0.29) is 70.1 Å². The van der Waals surface area contributed by atoms with Crippen LogP contribution in [0, 0.1) is 11.6 Å². The number of benzene rings is 2. The van der Waals surface area contributed by atoms with Gasteiger partial charge in [-0.1, -0.05) is 42.4 Å². The number of fused-ring (bicyclic) bond motifs is 2. The number of hydrogen-bond donors (Lipinski definition) is 0. The summed E-state index contributed by atoms with van der Waals surface area (Å²) in [5, 5.41) is 0.639. The lowest BCUT2D eigenvalue weighted by atomic mass is 10.0. The van der Waals surface area contributed by atoms with E-state index in [1.54, 1.807) is 18.2 Å². The topological polar surface area (TPSA) is 74.7 Å². The van der Waals surface area contributed by atoms with E-state index in [4.69, 9.17) is 16.3 Å². The van der Waals surface area contributed by atoms with Crippen molar-refractivity contribution in [1.82, 2.24) is 24.8 Å². The Morgan fingerprint density at radius 3 is 2.67 bits per heavy atom. The lowest BCUT2D eigenvalue weighted by Gasteiger charge is -2.42. The highest BCUT2D eigenvalue weighted by atomic mass is 35.5. The molecule has 2 aromatic carbocycles. The zero-order chi connectivity index (χ0) is 32.0. The number of piperazine rings is 1. The Kier molecular flexibility index (Phi) is 8.25. The van der Waals surface area contributed by atoms with Crippen molar-refractivity contribution in [1.29, 1.82) is 0 Å². The van der Waals surface area contributed by atoms with Gasteiger partial charge in [-0.25, -0.2) is 8.78 Å². The monoisotopic (exact) mass is 646 g/mol. The van der Waals surface area contributed by atoms with Crippen molar-refractivity contribution in [2.24, 2.45) is 0 Å². The molecule has 2 aliphatic heterocycles. The Labute approximate surface area is 260 Å². The fraction of sp³-hybridized carbons (Fsp3) is 0.355. The molecule has 8 nitrogen and oxygen atoms in total. The van der Waals surface area contributed by atoms with Crippen molar-refractivity contribution in [3.8, 4) is 17.3 Å². The van der Waals surface area contributed by atoms with Gasteiger partial charge in [0, 0.05) is 42.8 Å². The average Bonchev–Trinajstić information content (AvgIpc) is 3.44. The lowest BCUT2D eigenvalue weighted by Crippen LogP contribution is -2.60. The highest BCUT2D eigenvalue weighted by molar-refractivity contribution is 6.36. The number of likely N-dealkylation sites (N-methyl/N-ethyl adjacent to an activating group) is 1. The third-order valence-electron chi connectivity index (χ3n) is 8.43. The van der Waals surface area contributed by atoms with E-state index in [0.29, 0.717) is 10.3 Å². The van der Waals surface area contributed by atoms with Crippen LogP contribution in [0.3, 0.4) is 0 Å². The second-order valence-electron chi connectivity index (χ2n) is 11.1. The van der Waals surface area contributed by atoms with Crippen molar-refractivity contribution < 1.29 is 31.5 Å². The smallest absolute Gasteiger partial charge is 0.410 e. The van der Waals surface area contributed by atoms with E-state index >= 15 is 4.39 Å². The molecule has 2 fully saturated rings. The summed E-state index contributed by atoms with van der Waals surface area (Å²) in [6.07, 6.45) is -0.810. The summed E-state index contributed by atoms with van der Waals surface area (Å²) in [5.74, 6) is -2.46. The first-order chi connectivity index (χ1) is 21.5. The largest absolute Gasteiger partial charge is 0.462 e. The van der Waals surface area contributed by atoms with Crippen molar-refractivity contribution >= 4 is 45.0 Å². The molecule has 14 heteroatoms. The lowest BCUT2D eigenvalue weighted by molar-refractivity contribution is -0.188. The second kappa shape index (κ2) is 12.0. The van der Waals surface area contributed by atoms with Gasteiger partial charge in [0.15, 0.2) is 5.82 Å². The number of rotatable bonds is 6. The number of nitrogens with zero attached hydrogens (tertiary/aromatic N) is 6. The van der Waals surface area contributed by atoms with E-state index in [1.165, 1.54) is 23.2 Å². The molecule has 0 aliphatic carbocycles. The molecule has 2 saturated heterocycles. The van der Waals surface area contributed by atoms with Gasteiger partial charge < -0.3 is 19.4 Å². The predicted octanol–water partition coefficient (Wildman–Crippen LogP) is 6.02. The van der Waals surface area contributed by atoms with Crippen molar-refractivity contribution in [2.45, 2.75) is 31.1 Å². The molecule has 2 aromatic heterocycles. The number of aromatic nitrogens is 3. The number of pyridine rings is 1. The summed E-state index contributed by atoms with van der Waals surface area (Å²) in [5.41, 5.74) is -0.209. The number of amides is 1. The van der Waals surface area contributed by atoms with E-state index in [0.717, 1.165) is 25.5 Å². The van der Waals surface area contributed by atoms with Crippen molar-refractivity contribution in [3.63, 3.8) is 0 Å². The molecule has 1 unspecified atom stereocenters. The molecular weight excluding hydrogens is 619 g/mol. The van der Waals surface area contributed by atoms with Gasteiger partial charge in [-0.2, -0.15) is 23.1 Å². The number of halogens is 6. The maximum atomic E-state index is 16.5. The molecule has 2 atom stereocenters. The van der Waals surface area contributed by atoms with Gasteiger partial charge in [-0.05, 0) is 44.0 Å². The molecule has 4 heterocycles. The Bertz CT molecular complexity index is 1800. The SMILES string of the molecule is C=CC(=O)N1CCN(c2nc(OC[C@@H]3CCCN3C)nc3c(F)c(-c4cccc5ccc(F)c(Cl)c45)ncc23)CC1C(F)(F)F. The van der Waals surface area contributed by atoms with Crippen LogP contribution in [0.2, 0.25) is 5.02 Å². The van der Waals surface area contributed by atoms with Gasteiger partial charge >= 0.3 is 12.2 Å². The van der Waals surface area contributed by atoms with Crippen LogP contribution in [0.1, 0.15) is 12.8 Å². The third-order valence-corrected chi connectivity index (χ3v) is 8.80. The summed E-state index contributed by atoms with van der Waals surface area (Å²) in [7, 11) is 1.95. The highest BCUT2D eigenvalue weighted by Gasteiger charge is 2.48. The van der Waals surface area contributed by atoms with Gasteiger partial charge in [-0.15, -0.1) is 0 Å². The van der Waals surface area contributed by atoms with E-state index in [2.05, 4.69) is 26.4 Å². The molecule has 45 heavy (non-hydrogen) atoms. The summed E-state index contributed by atoms with van der Waals surface area (Å²) >= 11 is 6.31. The molecule has 4 aromatic rings. The first-order valence-corrected chi connectivity index (χ1v) is 14.7. The van der Waals surface area contributed by atoms with Gasteiger partial charge in [-0.3, -0.25) is 9.78 Å². The summed E-state index contributed by atoms with van der Waals surface area (Å²) in [4.78, 5) is 29.5. The molecule has 2 aliphatic rings. The fourth-order valence-corrected chi connectivity index (χ4v) is 6.29. The minimum atomic E-state index is -4.76. The number of hydrogen-bond acceptors (Lipinski definition) is 7. The normalized spacial score (nSPS) is 19.4. The van der Waals surface area contributed by atoms with Crippen LogP contribution in [0.5, 0.6) is 6.01 Å². The molecular formula is C31H28ClF5N6O2. The third kappa shape index (κ3) is 5.74. The van der Waals surface area contributed by atoms with Crippen molar-refractivity contribution in [2.75, 3.05) is 44.7 Å². The van der Waals surface area contributed by atoms with Gasteiger partial charge in [0.2, 0.25) is 5.91 Å². The Morgan fingerprint density at radius 2 is 1.96 bits per heavy atom. The summed E-state index contributed by atoms with van der Waals surface area (Å²) in [6, 6.07) is 5.29. The van der Waals surface area contributed by atoms with Gasteiger partial charge in [0.05, 0.1) is 10.4 Å². The minimum absolute atomic E-state index is 0.0188. The second-order valence-corrected chi connectivity index (χ2v) is 11.5. The molecule has 0 saturated carbocycles. The van der Waals surface area contributed by atoms with Crippen LogP contribution in [0.4, 0.5) is 27.8 Å². The Hall–Kier alpha value is -4.10.